The van der Waals surface area contributed by atoms with E-state index in [2.05, 4.69) is 12.2 Å². The predicted octanol–water partition coefficient (Wildman–Crippen LogP) is 1.45. The maximum Gasteiger partial charge on any atom is 0.222 e. The summed E-state index contributed by atoms with van der Waals surface area (Å²) in [4.78, 5) is 11.2. The van der Waals surface area contributed by atoms with Gasteiger partial charge in [0.25, 0.3) is 0 Å². The summed E-state index contributed by atoms with van der Waals surface area (Å²) in [7, 11) is 0. The number of carbonyl (C=O) groups excluding carboxylic acids is 1. The Bertz CT molecular complexity index is 172. The van der Waals surface area contributed by atoms with Gasteiger partial charge in [-0.3, -0.25) is 4.79 Å². The maximum absolute atomic E-state index is 11.2. The van der Waals surface area contributed by atoms with Crippen LogP contribution in [0.3, 0.4) is 0 Å². The van der Waals surface area contributed by atoms with Crippen molar-refractivity contribution in [2.24, 2.45) is 5.92 Å². The minimum atomic E-state index is 0.0621. The van der Waals surface area contributed by atoms with Crippen LogP contribution in [-0.2, 0) is 4.79 Å². The van der Waals surface area contributed by atoms with E-state index in [0.29, 0.717) is 13.0 Å². The van der Waals surface area contributed by atoms with E-state index in [1.54, 1.807) is 0 Å². The Morgan fingerprint density at radius 2 is 2.33 bits per heavy atom. The molecule has 0 saturated heterocycles. The second-order valence-corrected chi connectivity index (χ2v) is 2.89. The highest BCUT2D eigenvalue weighted by Crippen LogP contribution is 2.03. The van der Waals surface area contributed by atoms with Crippen LogP contribution >= 0.6 is 0 Å². The quantitative estimate of drug-likeness (QED) is 0.632. The summed E-state index contributed by atoms with van der Waals surface area (Å²) >= 11 is 0. The molecule has 0 saturated carbocycles. The van der Waals surface area contributed by atoms with Crippen LogP contribution in [0.2, 0.25) is 0 Å². The van der Waals surface area contributed by atoms with Crippen molar-refractivity contribution < 1.29 is 4.79 Å². The largest absolute Gasteiger partial charge is 0.355 e. The fourth-order valence-electron chi connectivity index (χ4n) is 0.980. The molecule has 0 aliphatic carbocycles. The Labute approximate surface area is 73.8 Å². The van der Waals surface area contributed by atoms with Crippen molar-refractivity contribution in [2.75, 3.05) is 6.54 Å². The van der Waals surface area contributed by atoms with Gasteiger partial charge >= 0.3 is 0 Å². The second-order valence-electron chi connectivity index (χ2n) is 2.89. The minimum Gasteiger partial charge on any atom is -0.355 e. The fourth-order valence-corrected chi connectivity index (χ4v) is 0.980. The molecule has 3 heteroatoms. The number of carbonyl (C=O) groups is 1. The van der Waals surface area contributed by atoms with E-state index in [1.807, 2.05) is 13.0 Å². The molecule has 0 aromatic heterocycles. The Morgan fingerprint density at radius 3 is 2.83 bits per heavy atom. The third-order valence-corrected chi connectivity index (χ3v) is 1.71. The summed E-state index contributed by atoms with van der Waals surface area (Å²) in [5.74, 6) is 0.140. The molecular formula is C9H16N2O. The van der Waals surface area contributed by atoms with Gasteiger partial charge in [0.2, 0.25) is 5.91 Å². The van der Waals surface area contributed by atoms with Crippen molar-refractivity contribution in [2.45, 2.75) is 33.1 Å². The van der Waals surface area contributed by atoms with Crippen LogP contribution in [0.15, 0.2) is 0 Å². The summed E-state index contributed by atoms with van der Waals surface area (Å²) in [6.45, 7) is 4.44. The number of hydrogen-bond donors (Lipinski definition) is 1. The number of nitrogens with zero attached hydrogens (tertiary/aromatic N) is 1. The molecule has 0 spiro atoms. The SMILES string of the molecule is CCCC(C)C(=O)NCCC#N. The van der Waals surface area contributed by atoms with Crippen LogP contribution in [0.1, 0.15) is 33.1 Å². The molecule has 0 aliphatic heterocycles. The molecule has 0 aliphatic rings. The molecule has 1 N–H and O–H groups in total. The number of nitrogens with one attached hydrogen (secondary N) is 1. The normalized spacial score (nSPS) is 11.8. The molecule has 0 bridgehead atoms. The number of rotatable bonds is 5. The van der Waals surface area contributed by atoms with E-state index in [0.717, 1.165) is 12.8 Å². The van der Waals surface area contributed by atoms with Gasteiger partial charge in [0.05, 0.1) is 12.5 Å². The fraction of sp³-hybridized carbons (Fsp3) is 0.778. The van der Waals surface area contributed by atoms with E-state index in [4.69, 9.17) is 5.26 Å². The van der Waals surface area contributed by atoms with Gasteiger partial charge in [-0.2, -0.15) is 5.26 Å². The van der Waals surface area contributed by atoms with Crippen LogP contribution < -0.4 is 5.32 Å². The van der Waals surface area contributed by atoms with E-state index in [9.17, 15) is 4.79 Å². The molecule has 0 rings (SSSR count). The van der Waals surface area contributed by atoms with Gasteiger partial charge in [-0.05, 0) is 6.42 Å². The average Bonchev–Trinajstić information content (AvgIpc) is 2.05. The lowest BCUT2D eigenvalue weighted by Crippen LogP contribution is -2.29. The van der Waals surface area contributed by atoms with Gasteiger partial charge in [0, 0.05) is 12.5 Å². The zero-order valence-electron chi connectivity index (χ0n) is 7.76. The van der Waals surface area contributed by atoms with E-state index < -0.39 is 0 Å². The first-order valence-electron chi connectivity index (χ1n) is 4.37. The molecule has 12 heavy (non-hydrogen) atoms. The lowest BCUT2D eigenvalue weighted by atomic mass is 10.1. The first-order chi connectivity index (χ1) is 5.72. The molecule has 1 atom stereocenters. The van der Waals surface area contributed by atoms with Crippen LogP contribution in [0, 0.1) is 17.2 Å². The topological polar surface area (TPSA) is 52.9 Å². The van der Waals surface area contributed by atoms with Crippen molar-refractivity contribution in [3.8, 4) is 6.07 Å². The zero-order chi connectivity index (χ0) is 9.40. The number of hydrogen-bond acceptors (Lipinski definition) is 2. The highest BCUT2D eigenvalue weighted by atomic mass is 16.1. The van der Waals surface area contributed by atoms with Gasteiger partial charge in [-0.15, -0.1) is 0 Å². The van der Waals surface area contributed by atoms with Crippen molar-refractivity contribution in [1.29, 1.82) is 5.26 Å². The van der Waals surface area contributed by atoms with Gasteiger partial charge in [0.1, 0.15) is 0 Å². The Kier molecular flexibility index (Phi) is 6.08. The van der Waals surface area contributed by atoms with Gasteiger partial charge in [0.15, 0.2) is 0 Å². The van der Waals surface area contributed by atoms with Crippen LogP contribution in [0.25, 0.3) is 0 Å². The average molecular weight is 168 g/mol. The molecule has 0 aromatic carbocycles. The zero-order valence-corrected chi connectivity index (χ0v) is 7.76. The molecule has 1 unspecified atom stereocenters. The molecule has 0 heterocycles. The number of amides is 1. The van der Waals surface area contributed by atoms with Gasteiger partial charge in [-0.25, -0.2) is 0 Å². The van der Waals surface area contributed by atoms with Crippen LogP contribution in [0.5, 0.6) is 0 Å². The summed E-state index contributed by atoms with van der Waals surface area (Å²) in [6.07, 6.45) is 2.33. The molecule has 0 aromatic rings. The third-order valence-electron chi connectivity index (χ3n) is 1.71. The van der Waals surface area contributed by atoms with E-state index >= 15 is 0 Å². The summed E-state index contributed by atoms with van der Waals surface area (Å²) in [6, 6.07) is 1.98. The van der Waals surface area contributed by atoms with Crippen molar-refractivity contribution in [3.63, 3.8) is 0 Å². The molecule has 0 fully saturated rings. The van der Waals surface area contributed by atoms with Crippen LogP contribution in [-0.4, -0.2) is 12.5 Å². The molecular weight excluding hydrogens is 152 g/mol. The van der Waals surface area contributed by atoms with Crippen molar-refractivity contribution >= 4 is 5.91 Å². The molecule has 3 nitrogen and oxygen atoms in total. The summed E-state index contributed by atoms with van der Waals surface area (Å²) in [5, 5.41) is 10.9. The predicted molar refractivity (Wildman–Crippen MR) is 47.3 cm³/mol. The third kappa shape index (κ3) is 4.73. The van der Waals surface area contributed by atoms with Crippen molar-refractivity contribution in [3.05, 3.63) is 0 Å². The smallest absolute Gasteiger partial charge is 0.222 e. The van der Waals surface area contributed by atoms with Crippen molar-refractivity contribution in [1.82, 2.24) is 5.32 Å². The van der Waals surface area contributed by atoms with Gasteiger partial charge in [-0.1, -0.05) is 20.3 Å². The summed E-state index contributed by atoms with van der Waals surface area (Å²) < 4.78 is 0. The highest BCUT2D eigenvalue weighted by molar-refractivity contribution is 5.78. The first-order valence-corrected chi connectivity index (χ1v) is 4.37. The lowest BCUT2D eigenvalue weighted by Gasteiger charge is -2.09. The second kappa shape index (κ2) is 6.66. The van der Waals surface area contributed by atoms with E-state index in [1.165, 1.54) is 0 Å². The summed E-state index contributed by atoms with van der Waals surface area (Å²) in [5.41, 5.74) is 0. The highest BCUT2D eigenvalue weighted by Gasteiger charge is 2.09. The molecule has 68 valence electrons. The number of nitriles is 1. The van der Waals surface area contributed by atoms with Gasteiger partial charge < -0.3 is 5.32 Å². The lowest BCUT2D eigenvalue weighted by molar-refractivity contribution is -0.124. The Morgan fingerprint density at radius 1 is 1.67 bits per heavy atom. The molecule has 1 amide bonds. The first kappa shape index (κ1) is 11.0. The maximum atomic E-state index is 11.2. The monoisotopic (exact) mass is 168 g/mol. The Hall–Kier alpha value is -1.04. The van der Waals surface area contributed by atoms with Crippen LogP contribution in [0.4, 0.5) is 0 Å². The standard InChI is InChI=1S/C9H16N2O/c1-3-5-8(2)9(12)11-7-4-6-10/h8H,3-5,7H2,1-2H3,(H,11,12). The molecule has 0 radical (unpaired) electrons. The van der Waals surface area contributed by atoms with E-state index in [-0.39, 0.29) is 11.8 Å². The Balaban J connectivity index is 3.51. The minimum absolute atomic E-state index is 0.0621.